The van der Waals surface area contributed by atoms with Crippen LogP contribution in [0, 0.1) is 5.82 Å². The van der Waals surface area contributed by atoms with Crippen LogP contribution in [-0.4, -0.2) is 5.91 Å². The van der Waals surface area contributed by atoms with Gasteiger partial charge in [0.15, 0.2) is 0 Å². The molecule has 122 valence electrons. The van der Waals surface area contributed by atoms with Crippen molar-refractivity contribution in [2.24, 2.45) is 5.73 Å². The number of primary amides is 1. The van der Waals surface area contributed by atoms with E-state index in [1.807, 2.05) is 54.8 Å². The summed E-state index contributed by atoms with van der Waals surface area (Å²) in [6.07, 6.45) is 6.52. The molecule has 0 aliphatic carbocycles. The first-order chi connectivity index (χ1) is 11.6. The minimum Gasteiger partial charge on any atom is -0.377 e. The largest absolute Gasteiger partial charge is 0.377 e. The molecule has 0 radical (unpaired) electrons. The Hall–Kier alpha value is -2.88. The Labute approximate surface area is 140 Å². The van der Waals surface area contributed by atoms with E-state index in [0.717, 1.165) is 16.7 Å². The summed E-state index contributed by atoms with van der Waals surface area (Å²) >= 11 is 0. The smallest absolute Gasteiger partial charge is 0.221 e. The molecule has 1 aliphatic rings. The van der Waals surface area contributed by atoms with Crippen LogP contribution in [0.5, 0.6) is 0 Å². The van der Waals surface area contributed by atoms with Gasteiger partial charge in [0.25, 0.3) is 0 Å². The van der Waals surface area contributed by atoms with Crippen molar-refractivity contribution in [1.29, 1.82) is 0 Å². The molecular weight excluding hydrogens is 303 g/mol. The number of rotatable bonds is 5. The molecule has 0 saturated carbocycles. The van der Waals surface area contributed by atoms with Crippen molar-refractivity contribution >= 4 is 5.91 Å². The van der Waals surface area contributed by atoms with Crippen LogP contribution in [0.15, 0.2) is 78.5 Å². The second kappa shape index (κ2) is 6.71. The van der Waals surface area contributed by atoms with E-state index in [2.05, 4.69) is 5.32 Å². The summed E-state index contributed by atoms with van der Waals surface area (Å²) in [5.74, 6) is -0.620. The SMILES string of the molecule is NC(=O)CC1=CNC(Cc2cccc(F)c2)(c2ccccc2)C=C1. The van der Waals surface area contributed by atoms with Crippen LogP contribution in [0.25, 0.3) is 0 Å². The maximum Gasteiger partial charge on any atom is 0.221 e. The van der Waals surface area contributed by atoms with E-state index in [0.29, 0.717) is 6.42 Å². The topological polar surface area (TPSA) is 55.1 Å². The summed E-state index contributed by atoms with van der Waals surface area (Å²) in [6, 6.07) is 16.6. The van der Waals surface area contributed by atoms with Crippen molar-refractivity contribution in [2.75, 3.05) is 0 Å². The van der Waals surface area contributed by atoms with Crippen LogP contribution in [0.2, 0.25) is 0 Å². The Morgan fingerprint density at radius 3 is 2.54 bits per heavy atom. The lowest BCUT2D eigenvalue weighted by Crippen LogP contribution is -2.41. The van der Waals surface area contributed by atoms with Crippen molar-refractivity contribution < 1.29 is 9.18 Å². The number of hydrogen-bond donors (Lipinski definition) is 2. The summed E-state index contributed by atoms with van der Waals surface area (Å²) in [6.45, 7) is 0. The molecule has 1 amide bonds. The number of halogens is 1. The van der Waals surface area contributed by atoms with Gasteiger partial charge in [-0.25, -0.2) is 4.39 Å². The van der Waals surface area contributed by atoms with Gasteiger partial charge in [0.2, 0.25) is 5.91 Å². The molecule has 3 N–H and O–H groups in total. The van der Waals surface area contributed by atoms with Gasteiger partial charge in [-0.15, -0.1) is 0 Å². The normalized spacial score (nSPS) is 19.5. The first-order valence-electron chi connectivity index (χ1n) is 7.82. The summed E-state index contributed by atoms with van der Waals surface area (Å²) in [5, 5.41) is 3.39. The number of nitrogens with one attached hydrogen (secondary N) is 1. The highest BCUT2D eigenvalue weighted by Crippen LogP contribution is 2.31. The highest BCUT2D eigenvalue weighted by atomic mass is 19.1. The van der Waals surface area contributed by atoms with Crippen molar-refractivity contribution in [2.45, 2.75) is 18.4 Å². The standard InChI is InChI=1S/C20H19FN2O/c21-18-8-4-5-15(11-18)13-20(17-6-2-1-3-7-17)10-9-16(14-23-20)12-19(22)24/h1-11,14,23H,12-13H2,(H2,22,24). The van der Waals surface area contributed by atoms with Gasteiger partial charge in [-0.05, 0) is 28.8 Å². The van der Waals surface area contributed by atoms with Crippen LogP contribution in [0.1, 0.15) is 17.5 Å². The molecule has 3 rings (SSSR count). The van der Waals surface area contributed by atoms with Gasteiger partial charge >= 0.3 is 0 Å². The fourth-order valence-electron chi connectivity index (χ4n) is 2.97. The maximum atomic E-state index is 13.6. The highest BCUT2D eigenvalue weighted by Gasteiger charge is 2.30. The molecule has 2 aromatic rings. The van der Waals surface area contributed by atoms with Crippen molar-refractivity contribution in [3.8, 4) is 0 Å². The van der Waals surface area contributed by atoms with Crippen molar-refractivity contribution in [3.05, 3.63) is 95.5 Å². The first-order valence-corrected chi connectivity index (χ1v) is 7.82. The van der Waals surface area contributed by atoms with Crippen molar-refractivity contribution in [3.63, 3.8) is 0 Å². The average Bonchev–Trinajstić information content (AvgIpc) is 2.57. The second-order valence-corrected chi connectivity index (χ2v) is 5.98. The zero-order valence-corrected chi connectivity index (χ0v) is 13.2. The molecule has 0 bridgehead atoms. The molecule has 1 aliphatic heterocycles. The number of allylic oxidation sites excluding steroid dienone is 1. The number of dihydropyridines is 1. The molecule has 0 fully saturated rings. The fourth-order valence-corrected chi connectivity index (χ4v) is 2.97. The number of amides is 1. The monoisotopic (exact) mass is 322 g/mol. The number of carbonyl (C=O) groups excluding carboxylic acids is 1. The molecule has 3 nitrogen and oxygen atoms in total. The van der Waals surface area contributed by atoms with E-state index < -0.39 is 5.54 Å². The van der Waals surface area contributed by atoms with E-state index in [4.69, 9.17) is 5.73 Å². The Balaban J connectivity index is 1.94. The molecule has 4 heteroatoms. The molecule has 0 aromatic heterocycles. The van der Waals surface area contributed by atoms with Crippen LogP contribution >= 0.6 is 0 Å². The fraction of sp³-hybridized carbons (Fsp3) is 0.150. The lowest BCUT2D eigenvalue weighted by Gasteiger charge is -2.35. The van der Waals surface area contributed by atoms with Gasteiger partial charge in [-0.2, -0.15) is 0 Å². The number of benzene rings is 2. The third-order valence-electron chi connectivity index (χ3n) is 4.14. The van der Waals surface area contributed by atoms with Gasteiger partial charge in [-0.1, -0.05) is 54.6 Å². The van der Waals surface area contributed by atoms with E-state index in [9.17, 15) is 9.18 Å². The summed E-state index contributed by atoms with van der Waals surface area (Å²) in [4.78, 5) is 11.1. The zero-order valence-electron chi connectivity index (χ0n) is 13.2. The van der Waals surface area contributed by atoms with Gasteiger partial charge in [0.1, 0.15) is 5.82 Å². The molecule has 2 aromatic carbocycles. The first kappa shape index (κ1) is 16.0. The van der Waals surface area contributed by atoms with E-state index >= 15 is 0 Å². The third kappa shape index (κ3) is 3.54. The quantitative estimate of drug-likeness (QED) is 0.888. The number of carbonyl (C=O) groups is 1. The second-order valence-electron chi connectivity index (χ2n) is 5.98. The average molecular weight is 322 g/mol. The molecule has 1 heterocycles. The van der Waals surface area contributed by atoms with E-state index in [1.54, 1.807) is 12.1 Å². The minimum absolute atomic E-state index is 0.189. The molecular formula is C20H19FN2O. The minimum atomic E-state index is -0.490. The predicted octanol–water partition coefficient (Wildman–Crippen LogP) is 3.18. The number of hydrogen-bond acceptors (Lipinski definition) is 2. The molecule has 1 atom stereocenters. The van der Waals surface area contributed by atoms with E-state index in [-0.39, 0.29) is 18.1 Å². The molecule has 1 unspecified atom stereocenters. The van der Waals surface area contributed by atoms with Crippen LogP contribution < -0.4 is 11.1 Å². The van der Waals surface area contributed by atoms with Gasteiger partial charge in [-0.3, -0.25) is 4.79 Å². The van der Waals surface area contributed by atoms with E-state index in [1.165, 1.54) is 6.07 Å². The highest BCUT2D eigenvalue weighted by molar-refractivity contribution is 5.77. The third-order valence-corrected chi connectivity index (χ3v) is 4.14. The van der Waals surface area contributed by atoms with Crippen molar-refractivity contribution in [1.82, 2.24) is 5.32 Å². The Bertz CT molecular complexity index is 798. The van der Waals surface area contributed by atoms with Crippen LogP contribution in [-0.2, 0) is 16.8 Å². The zero-order chi connectivity index (χ0) is 17.0. The van der Waals surface area contributed by atoms with Crippen LogP contribution in [0.3, 0.4) is 0 Å². The lowest BCUT2D eigenvalue weighted by molar-refractivity contribution is -0.117. The van der Waals surface area contributed by atoms with Gasteiger partial charge in [0, 0.05) is 12.6 Å². The molecule has 24 heavy (non-hydrogen) atoms. The van der Waals surface area contributed by atoms with Gasteiger partial charge < -0.3 is 11.1 Å². The lowest BCUT2D eigenvalue weighted by atomic mass is 9.81. The summed E-state index contributed by atoms with van der Waals surface area (Å²) < 4.78 is 13.6. The Morgan fingerprint density at radius 1 is 1.12 bits per heavy atom. The van der Waals surface area contributed by atoms with Gasteiger partial charge in [0.05, 0.1) is 12.0 Å². The maximum absolute atomic E-state index is 13.6. The molecule has 0 saturated heterocycles. The predicted molar refractivity (Wildman–Crippen MR) is 92.4 cm³/mol. The Kier molecular flexibility index (Phi) is 4.47. The Morgan fingerprint density at radius 2 is 1.92 bits per heavy atom. The summed E-state index contributed by atoms with van der Waals surface area (Å²) in [7, 11) is 0. The molecule has 0 spiro atoms. The number of nitrogens with two attached hydrogens (primary N) is 1. The summed E-state index contributed by atoms with van der Waals surface area (Å²) in [5.41, 5.74) is 7.56. The van der Waals surface area contributed by atoms with Crippen LogP contribution in [0.4, 0.5) is 4.39 Å².